The second kappa shape index (κ2) is 11.2. The molecule has 3 nitrogen and oxygen atoms in total. The van der Waals surface area contributed by atoms with Crippen LogP contribution in [0.3, 0.4) is 0 Å². The van der Waals surface area contributed by atoms with E-state index in [0.717, 1.165) is 24.2 Å². The van der Waals surface area contributed by atoms with Gasteiger partial charge in [0.1, 0.15) is 5.69 Å². The molecule has 23 heavy (non-hydrogen) atoms. The third-order valence-electron chi connectivity index (χ3n) is 4.50. The maximum absolute atomic E-state index is 11.0. The molecular formula is C20H34N2O. The maximum atomic E-state index is 11.0. The summed E-state index contributed by atoms with van der Waals surface area (Å²) in [6.45, 7) is 10.7. The lowest BCUT2D eigenvalue weighted by Crippen LogP contribution is -2.26. The first-order valence-corrected chi connectivity index (χ1v) is 9.33. The van der Waals surface area contributed by atoms with Gasteiger partial charge in [0.25, 0.3) is 0 Å². The van der Waals surface area contributed by atoms with E-state index >= 15 is 0 Å². The zero-order valence-electron chi connectivity index (χ0n) is 15.5. The van der Waals surface area contributed by atoms with E-state index in [4.69, 9.17) is 0 Å². The molecule has 0 radical (unpaired) electrons. The molecule has 0 aromatic heterocycles. The van der Waals surface area contributed by atoms with Crippen LogP contribution in [-0.4, -0.2) is 13.1 Å². The Bertz CT molecular complexity index is 436. The van der Waals surface area contributed by atoms with Gasteiger partial charge in [-0.15, -0.1) is 4.91 Å². The van der Waals surface area contributed by atoms with Gasteiger partial charge in [0.15, 0.2) is 0 Å². The average Bonchev–Trinajstić information content (AvgIpc) is 2.53. The maximum Gasteiger partial charge on any atom is 0.113 e. The number of nitrogens with zero attached hydrogens (tertiary/aromatic N) is 2. The summed E-state index contributed by atoms with van der Waals surface area (Å²) in [5.41, 5.74) is 3.83. The van der Waals surface area contributed by atoms with Crippen molar-refractivity contribution < 1.29 is 0 Å². The van der Waals surface area contributed by atoms with Gasteiger partial charge < -0.3 is 4.90 Å². The summed E-state index contributed by atoms with van der Waals surface area (Å²) in [6.07, 6.45) is 10.3. The number of hydrogen-bond acceptors (Lipinski definition) is 3. The Labute approximate surface area is 142 Å². The Hall–Kier alpha value is -1.38. The van der Waals surface area contributed by atoms with E-state index in [2.05, 4.69) is 36.1 Å². The van der Waals surface area contributed by atoms with Crippen LogP contribution >= 0.6 is 0 Å². The molecule has 0 unspecified atom stereocenters. The third kappa shape index (κ3) is 6.72. The van der Waals surface area contributed by atoms with Crippen molar-refractivity contribution in [1.82, 2.24) is 0 Å². The van der Waals surface area contributed by atoms with E-state index in [1.807, 2.05) is 13.8 Å². The molecule has 0 atom stereocenters. The Morgan fingerprint density at radius 1 is 0.826 bits per heavy atom. The van der Waals surface area contributed by atoms with Gasteiger partial charge in [0.2, 0.25) is 0 Å². The fourth-order valence-electron chi connectivity index (χ4n) is 3.09. The zero-order valence-corrected chi connectivity index (χ0v) is 15.5. The highest BCUT2D eigenvalue weighted by Gasteiger charge is 2.11. The molecule has 0 saturated carbocycles. The highest BCUT2D eigenvalue weighted by atomic mass is 16.3. The highest BCUT2D eigenvalue weighted by Crippen LogP contribution is 2.29. The SMILES string of the molecule is CCCCCCN(CCCCCC)c1cc(C)c(N=O)c(C)c1. The minimum Gasteiger partial charge on any atom is -0.372 e. The van der Waals surface area contributed by atoms with Gasteiger partial charge in [0, 0.05) is 18.8 Å². The highest BCUT2D eigenvalue weighted by molar-refractivity contribution is 5.62. The van der Waals surface area contributed by atoms with E-state index in [1.54, 1.807) is 0 Å². The molecule has 0 saturated heterocycles. The molecule has 0 aliphatic heterocycles. The predicted octanol–water partition coefficient (Wildman–Crippen LogP) is 6.67. The van der Waals surface area contributed by atoms with Crippen molar-refractivity contribution in [2.45, 2.75) is 79.1 Å². The van der Waals surface area contributed by atoms with Gasteiger partial charge in [-0.05, 0) is 55.1 Å². The van der Waals surface area contributed by atoms with Crippen LogP contribution in [0, 0.1) is 18.8 Å². The minimum atomic E-state index is 0.602. The van der Waals surface area contributed by atoms with E-state index in [0.29, 0.717) is 5.69 Å². The number of rotatable bonds is 12. The number of unbranched alkanes of at least 4 members (excludes halogenated alkanes) is 6. The van der Waals surface area contributed by atoms with Crippen LogP contribution in [0.5, 0.6) is 0 Å². The van der Waals surface area contributed by atoms with E-state index in [1.165, 1.54) is 57.1 Å². The largest absolute Gasteiger partial charge is 0.372 e. The van der Waals surface area contributed by atoms with Crippen molar-refractivity contribution in [3.8, 4) is 0 Å². The molecule has 0 fully saturated rings. The number of aryl methyl sites for hydroxylation is 2. The summed E-state index contributed by atoms with van der Waals surface area (Å²) in [4.78, 5) is 13.5. The molecule has 130 valence electrons. The standard InChI is InChI=1S/C20H34N2O/c1-5-7-9-11-13-22(14-12-10-8-6-2)19-15-17(3)20(21-23)18(4)16-19/h15-16H,5-14H2,1-4H3. The molecule has 0 heterocycles. The molecule has 0 N–H and O–H groups in total. The fourth-order valence-corrected chi connectivity index (χ4v) is 3.09. The summed E-state index contributed by atoms with van der Waals surface area (Å²) in [5, 5.41) is 3.17. The first kappa shape index (κ1) is 19.7. The minimum absolute atomic E-state index is 0.602. The number of nitroso groups, excluding NO2 is 1. The summed E-state index contributed by atoms with van der Waals surface area (Å²) in [7, 11) is 0. The normalized spacial score (nSPS) is 10.8. The Kier molecular flexibility index (Phi) is 9.58. The van der Waals surface area contributed by atoms with Crippen LogP contribution in [0.25, 0.3) is 0 Å². The zero-order chi connectivity index (χ0) is 17.1. The van der Waals surface area contributed by atoms with Gasteiger partial charge in [-0.3, -0.25) is 0 Å². The fraction of sp³-hybridized carbons (Fsp3) is 0.700. The van der Waals surface area contributed by atoms with Gasteiger partial charge >= 0.3 is 0 Å². The molecular weight excluding hydrogens is 284 g/mol. The van der Waals surface area contributed by atoms with Crippen LogP contribution in [0.15, 0.2) is 17.3 Å². The monoisotopic (exact) mass is 318 g/mol. The van der Waals surface area contributed by atoms with Gasteiger partial charge in [-0.2, -0.15) is 0 Å². The van der Waals surface area contributed by atoms with Crippen molar-refractivity contribution >= 4 is 11.4 Å². The molecule has 0 aliphatic rings. The molecule has 1 aromatic rings. The van der Waals surface area contributed by atoms with Crippen molar-refractivity contribution in [2.24, 2.45) is 5.18 Å². The van der Waals surface area contributed by atoms with Gasteiger partial charge in [0.05, 0.1) is 0 Å². The summed E-state index contributed by atoms with van der Waals surface area (Å²) >= 11 is 0. The topological polar surface area (TPSA) is 32.7 Å². The number of anilines is 1. The van der Waals surface area contributed by atoms with Crippen molar-refractivity contribution in [2.75, 3.05) is 18.0 Å². The summed E-state index contributed by atoms with van der Waals surface area (Å²) < 4.78 is 0. The van der Waals surface area contributed by atoms with E-state index in [9.17, 15) is 4.91 Å². The van der Waals surface area contributed by atoms with Crippen molar-refractivity contribution in [3.05, 3.63) is 28.2 Å². The van der Waals surface area contributed by atoms with Crippen LogP contribution < -0.4 is 4.90 Å². The molecule has 3 heteroatoms. The first-order valence-electron chi connectivity index (χ1n) is 9.33. The number of hydrogen-bond donors (Lipinski definition) is 0. The van der Waals surface area contributed by atoms with Gasteiger partial charge in [-0.1, -0.05) is 52.4 Å². The predicted molar refractivity (Wildman–Crippen MR) is 102 cm³/mol. The molecule has 0 spiro atoms. The van der Waals surface area contributed by atoms with Crippen LogP contribution in [0.1, 0.15) is 76.3 Å². The summed E-state index contributed by atoms with van der Waals surface area (Å²) in [6, 6.07) is 4.26. The van der Waals surface area contributed by atoms with Crippen LogP contribution in [0.4, 0.5) is 11.4 Å². The third-order valence-corrected chi connectivity index (χ3v) is 4.50. The van der Waals surface area contributed by atoms with E-state index < -0.39 is 0 Å². The molecule has 1 aromatic carbocycles. The molecule has 1 rings (SSSR count). The molecule has 0 aliphatic carbocycles. The lowest BCUT2D eigenvalue weighted by Gasteiger charge is -2.26. The van der Waals surface area contributed by atoms with Crippen LogP contribution in [0.2, 0.25) is 0 Å². The second-order valence-electron chi connectivity index (χ2n) is 6.63. The van der Waals surface area contributed by atoms with E-state index in [-0.39, 0.29) is 0 Å². The lowest BCUT2D eigenvalue weighted by atomic mass is 10.1. The van der Waals surface area contributed by atoms with Crippen molar-refractivity contribution in [1.29, 1.82) is 0 Å². The van der Waals surface area contributed by atoms with Crippen molar-refractivity contribution in [3.63, 3.8) is 0 Å². The first-order chi connectivity index (χ1) is 11.1. The Morgan fingerprint density at radius 2 is 1.30 bits per heavy atom. The van der Waals surface area contributed by atoms with Crippen LogP contribution in [-0.2, 0) is 0 Å². The smallest absolute Gasteiger partial charge is 0.113 e. The Balaban J connectivity index is 2.78. The average molecular weight is 319 g/mol. The molecule has 0 amide bonds. The lowest BCUT2D eigenvalue weighted by molar-refractivity contribution is 0.609. The summed E-state index contributed by atoms with van der Waals surface area (Å²) in [5.74, 6) is 0. The molecule has 0 bridgehead atoms. The second-order valence-corrected chi connectivity index (χ2v) is 6.63. The Morgan fingerprint density at radius 3 is 1.70 bits per heavy atom. The van der Waals surface area contributed by atoms with Gasteiger partial charge in [-0.25, -0.2) is 0 Å². The number of benzene rings is 1. The quantitative estimate of drug-likeness (QED) is 0.318.